The van der Waals surface area contributed by atoms with Crippen LogP contribution in [0.4, 0.5) is 0 Å². The van der Waals surface area contributed by atoms with Crippen molar-refractivity contribution in [1.29, 1.82) is 5.26 Å². The average molecular weight is 378 g/mol. The summed E-state index contributed by atoms with van der Waals surface area (Å²) in [5.74, 6) is 1.98. The number of aryl methyl sites for hydroxylation is 1. The van der Waals surface area contributed by atoms with Gasteiger partial charge in [-0.15, -0.1) is 0 Å². The monoisotopic (exact) mass is 378 g/mol. The molecule has 0 aliphatic carbocycles. The van der Waals surface area contributed by atoms with Crippen LogP contribution in [-0.4, -0.2) is 37.6 Å². The van der Waals surface area contributed by atoms with E-state index < -0.39 is 0 Å². The first kappa shape index (κ1) is 19.8. The summed E-state index contributed by atoms with van der Waals surface area (Å²) >= 11 is 0. The van der Waals surface area contributed by atoms with Gasteiger partial charge in [-0.2, -0.15) is 5.26 Å². The summed E-state index contributed by atoms with van der Waals surface area (Å²) < 4.78 is 10.8. The van der Waals surface area contributed by atoms with Crippen molar-refractivity contribution in [3.63, 3.8) is 0 Å². The van der Waals surface area contributed by atoms with Gasteiger partial charge in [0, 0.05) is 13.1 Å². The first-order chi connectivity index (χ1) is 13.7. The Labute approximate surface area is 166 Å². The number of hydrogen-bond acceptors (Lipinski definition) is 4. The summed E-state index contributed by atoms with van der Waals surface area (Å²) in [6.45, 7) is 1.53. The zero-order chi connectivity index (χ0) is 19.8. The standard InChI is InChI=1S/C23H26N2O3/c1-27-21-10-8-18(9-11-21)6-7-19-12-14-25(15-13-19)23(26)17-28-22-5-3-2-4-20(22)16-24/h2-5,8-11,19H,6-7,12-15,17H2,1H3. The minimum Gasteiger partial charge on any atom is -0.497 e. The average Bonchev–Trinajstić information content (AvgIpc) is 2.77. The normalized spacial score (nSPS) is 14.4. The Morgan fingerprint density at radius 2 is 1.86 bits per heavy atom. The third kappa shape index (κ3) is 5.26. The predicted octanol–water partition coefficient (Wildman–Crippen LogP) is 3.82. The Morgan fingerprint density at radius 3 is 2.54 bits per heavy atom. The Morgan fingerprint density at radius 1 is 1.14 bits per heavy atom. The van der Waals surface area contributed by atoms with Crippen LogP contribution in [0.25, 0.3) is 0 Å². The topological polar surface area (TPSA) is 62.6 Å². The number of methoxy groups -OCH3 is 1. The van der Waals surface area contributed by atoms with Crippen LogP contribution in [0.2, 0.25) is 0 Å². The lowest BCUT2D eigenvalue weighted by molar-refractivity contribution is -0.134. The van der Waals surface area contributed by atoms with Gasteiger partial charge in [0.25, 0.3) is 5.91 Å². The lowest BCUT2D eigenvalue weighted by atomic mass is 9.90. The van der Waals surface area contributed by atoms with Crippen LogP contribution < -0.4 is 9.47 Å². The summed E-state index contributed by atoms with van der Waals surface area (Å²) in [7, 11) is 1.68. The number of benzene rings is 2. The highest BCUT2D eigenvalue weighted by Crippen LogP contribution is 2.24. The van der Waals surface area contributed by atoms with E-state index in [0.29, 0.717) is 17.2 Å². The SMILES string of the molecule is COc1ccc(CCC2CCN(C(=O)COc3ccccc3C#N)CC2)cc1. The number of likely N-dealkylation sites (tertiary alicyclic amines) is 1. The maximum Gasteiger partial charge on any atom is 0.260 e. The first-order valence-electron chi connectivity index (χ1n) is 9.72. The molecule has 0 unspecified atom stereocenters. The number of hydrogen-bond donors (Lipinski definition) is 0. The van der Waals surface area contributed by atoms with Gasteiger partial charge < -0.3 is 14.4 Å². The molecule has 28 heavy (non-hydrogen) atoms. The Hall–Kier alpha value is -3.00. The number of piperidine rings is 1. The van der Waals surface area contributed by atoms with Gasteiger partial charge in [0.1, 0.15) is 17.6 Å². The molecule has 146 valence electrons. The molecule has 2 aromatic rings. The molecule has 0 aromatic heterocycles. The van der Waals surface area contributed by atoms with E-state index in [2.05, 4.69) is 18.2 Å². The number of amides is 1. The van der Waals surface area contributed by atoms with Gasteiger partial charge >= 0.3 is 0 Å². The molecule has 1 fully saturated rings. The molecule has 0 bridgehead atoms. The molecule has 1 aliphatic rings. The van der Waals surface area contributed by atoms with Crippen molar-refractivity contribution in [2.75, 3.05) is 26.8 Å². The van der Waals surface area contributed by atoms with E-state index >= 15 is 0 Å². The third-order valence-electron chi connectivity index (χ3n) is 5.33. The minimum atomic E-state index is -0.0186. The van der Waals surface area contributed by atoms with E-state index in [1.807, 2.05) is 17.0 Å². The number of nitrogens with zero attached hydrogens (tertiary/aromatic N) is 2. The van der Waals surface area contributed by atoms with Crippen LogP contribution >= 0.6 is 0 Å². The van der Waals surface area contributed by atoms with Crippen molar-refractivity contribution < 1.29 is 14.3 Å². The van der Waals surface area contributed by atoms with E-state index in [1.54, 1.807) is 31.4 Å². The molecule has 0 radical (unpaired) electrons. The van der Waals surface area contributed by atoms with Crippen LogP contribution in [-0.2, 0) is 11.2 Å². The largest absolute Gasteiger partial charge is 0.497 e. The Balaban J connectivity index is 1.40. The molecular formula is C23H26N2O3. The number of nitriles is 1. The quantitative estimate of drug-likeness (QED) is 0.735. The molecule has 1 aliphatic heterocycles. The number of carbonyl (C=O) groups excluding carboxylic acids is 1. The predicted molar refractivity (Wildman–Crippen MR) is 107 cm³/mol. The highest BCUT2D eigenvalue weighted by molar-refractivity contribution is 5.78. The lowest BCUT2D eigenvalue weighted by Crippen LogP contribution is -2.41. The van der Waals surface area contributed by atoms with E-state index in [0.717, 1.165) is 44.5 Å². The second-order valence-electron chi connectivity index (χ2n) is 7.11. The van der Waals surface area contributed by atoms with Crippen LogP contribution in [0, 0.1) is 17.2 Å². The van der Waals surface area contributed by atoms with Crippen molar-refractivity contribution in [2.45, 2.75) is 25.7 Å². The summed E-state index contributed by atoms with van der Waals surface area (Å²) in [5.41, 5.74) is 1.77. The fourth-order valence-electron chi connectivity index (χ4n) is 3.55. The lowest BCUT2D eigenvalue weighted by Gasteiger charge is -2.32. The molecule has 2 aromatic carbocycles. The first-order valence-corrected chi connectivity index (χ1v) is 9.72. The molecular weight excluding hydrogens is 352 g/mol. The van der Waals surface area contributed by atoms with Gasteiger partial charge in [0.2, 0.25) is 0 Å². The summed E-state index contributed by atoms with van der Waals surface area (Å²) in [4.78, 5) is 14.3. The fourth-order valence-corrected chi connectivity index (χ4v) is 3.55. The van der Waals surface area contributed by atoms with E-state index in [-0.39, 0.29) is 12.5 Å². The molecule has 0 spiro atoms. The molecule has 1 amide bonds. The Kier molecular flexibility index (Phi) is 6.91. The highest BCUT2D eigenvalue weighted by atomic mass is 16.5. The fraction of sp³-hybridized carbons (Fsp3) is 0.391. The van der Waals surface area contributed by atoms with Crippen molar-refractivity contribution in [3.8, 4) is 17.6 Å². The molecule has 0 atom stereocenters. The van der Waals surface area contributed by atoms with Gasteiger partial charge in [0.15, 0.2) is 6.61 Å². The smallest absolute Gasteiger partial charge is 0.260 e. The van der Waals surface area contributed by atoms with Crippen LogP contribution in [0.5, 0.6) is 11.5 Å². The molecule has 1 heterocycles. The van der Waals surface area contributed by atoms with Crippen molar-refractivity contribution in [3.05, 3.63) is 59.7 Å². The van der Waals surface area contributed by atoms with Crippen LogP contribution in [0.1, 0.15) is 30.4 Å². The summed E-state index contributed by atoms with van der Waals surface area (Å²) in [5, 5.41) is 9.09. The summed E-state index contributed by atoms with van der Waals surface area (Å²) in [6.07, 6.45) is 4.24. The van der Waals surface area contributed by atoms with Crippen molar-refractivity contribution in [1.82, 2.24) is 4.90 Å². The second kappa shape index (κ2) is 9.80. The molecule has 3 rings (SSSR count). The number of rotatable bonds is 7. The van der Waals surface area contributed by atoms with Gasteiger partial charge in [-0.05, 0) is 61.4 Å². The van der Waals surface area contributed by atoms with Gasteiger partial charge in [-0.1, -0.05) is 24.3 Å². The molecule has 5 heteroatoms. The van der Waals surface area contributed by atoms with Crippen LogP contribution in [0.3, 0.4) is 0 Å². The van der Waals surface area contributed by atoms with E-state index in [9.17, 15) is 4.79 Å². The molecule has 1 saturated heterocycles. The second-order valence-corrected chi connectivity index (χ2v) is 7.11. The Bertz CT molecular complexity index is 818. The number of para-hydroxylation sites is 1. The third-order valence-corrected chi connectivity index (χ3v) is 5.33. The molecule has 0 N–H and O–H groups in total. The highest BCUT2D eigenvalue weighted by Gasteiger charge is 2.23. The van der Waals surface area contributed by atoms with Crippen LogP contribution in [0.15, 0.2) is 48.5 Å². The summed E-state index contributed by atoms with van der Waals surface area (Å²) in [6, 6.07) is 17.3. The molecule has 0 saturated carbocycles. The van der Waals surface area contributed by atoms with Gasteiger partial charge in [-0.3, -0.25) is 4.79 Å². The minimum absolute atomic E-state index is 0.0126. The number of ether oxygens (including phenoxy) is 2. The zero-order valence-electron chi connectivity index (χ0n) is 16.3. The van der Waals surface area contributed by atoms with E-state index in [4.69, 9.17) is 14.7 Å². The van der Waals surface area contributed by atoms with Gasteiger partial charge in [0.05, 0.1) is 12.7 Å². The zero-order valence-corrected chi connectivity index (χ0v) is 16.3. The molecule has 5 nitrogen and oxygen atoms in total. The number of carbonyl (C=O) groups is 1. The van der Waals surface area contributed by atoms with Crippen molar-refractivity contribution in [2.24, 2.45) is 5.92 Å². The maximum atomic E-state index is 12.4. The van der Waals surface area contributed by atoms with Crippen molar-refractivity contribution >= 4 is 5.91 Å². The maximum absolute atomic E-state index is 12.4. The van der Waals surface area contributed by atoms with Gasteiger partial charge in [-0.25, -0.2) is 0 Å². The van der Waals surface area contributed by atoms with E-state index in [1.165, 1.54) is 5.56 Å².